The van der Waals surface area contributed by atoms with Crippen molar-refractivity contribution in [2.24, 2.45) is 7.05 Å². The highest BCUT2D eigenvalue weighted by Gasteiger charge is 2.01. The molecule has 0 bridgehead atoms. The molecule has 0 fully saturated rings. The van der Waals surface area contributed by atoms with Gasteiger partial charge in [0.1, 0.15) is 0 Å². The lowest BCUT2D eigenvalue weighted by molar-refractivity contribution is 0.283. The molecule has 4 nitrogen and oxygen atoms in total. The smallest absolute Gasteiger partial charge is 0.0638 e. The quantitative estimate of drug-likeness (QED) is 0.656. The highest BCUT2D eigenvalue weighted by atomic mass is 16.2. The third-order valence-electron chi connectivity index (χ3n) is 2.19. The molecule has 1 rings (SSSR count). The topological polar surface area (TPSA) is 50.1 Å². The van der Waals surface area contributed by atoms with Gasteiger partial charge in [-0.05, 0) is 26.3 Å². The molecule has 1 heterocycles. The maximum absolute atomic E-state index is 8.59. The van der Waals surface area contributed by atoms with Crippen molar-refractivity contribution in [1.82, 2.24) is 15.1 Å². The van der Waals surface area contributed by atoms with Gasteiger partial charge in [0, 0.05) is 32.0 Å². The normalized spacial score (nSPS) is 10.8. The zero-order chi connectivity index (χ0) is 10.4. The number of hydrogen-bond acceptors (Lipinski definition) is 3. The van der Waals surface area contributed by atoms with Crippen molar-refractivity contribution >= 4 is 0 Å². The highest BCUT2D eigenvalue weighted by Crippen LogP contribution is 2.03. The second-order valence-corrected chi connectivity index (χ2v) is 3.52. The average molecular weight is 197 g/mol. The molecular formula is C10H19N3O. The standard InChI is InChI=1S/C10H19N3O/c1-9-10(8-13(2)12-9)7-11-5-3-4-6-14/h8,11,14H,3-7H2,1-2H3. The van der Waals surface area contributed by atoms with Crippen LogP contribution in [0.15, 0.2) is 6.20 Å². The van der Waals surface area contributed by atoms with Crippen molar-refractivity contribution in [2.45, 2.75) is 26.3 Å². The van der Waals surface area contributed by atoms with Crippen LogP contribution in [0.25, 0.3) is 0 Å². The molecule has 1 aromatic heterocycles. The number of aliphatic hydroxyl groups is 1. The van der Waals surface area contributed by atoms with Crippen LogP contribution in [-0.4, -0.2) is 28.0 Å². The van der Waals surface area contributed by atoms with Crippen molar-refractivity contribution < 1.29 is 5.11 Å². The average Bonchev–Trinajstić information content (AvgIpc) is 2.45. The Balaban J connectivity index is 2.21. The van der Waals surface area contributed by atoms with Crippen LogP contribution in [0.3, 0.4) is 0 Å². The van der Waals surface area contributed by atoms with Crippen molar-refractivity contribution in [3.63, 3.8) is 0 Å². The molecule has 1 aromatic rings. The minimum Gasteiger partial charge on any atom is -0.396 e. The van der Waals surface area contributed by atoms with Crippen LogP contribution in [0.4, 0.5) is 0 Å². The molecule has 0 saturated heterocycles. The molecule has 0 radical (unpaired) electrons. The summed E-state index contributed by atoms with van der Waals surface area (Å²) in [7, 11) is 1.93. The zero-order valence-corrected chi connectivity index (χ0v) is 8.95. The van der Waals surface area contributed by atoms with Gasteiger partial charge in [-0.25, -0.2) is 0 Å². The molecule has 0 aliphatic heterocycles. The Morgan fingerprint density at radius 3 is 2.86 bits per heavy atom. The first-order valence-electron chi connectivity index (χ1n) is 5.04. The van der Waals surface area contributed by atoms with Crippen LogP contribution in [0, 0.1) is 6.92 Å². The lowest BCUT2D eigenvalue weighted by Crippen LogP contribution is -2.15. The van der Waals surface area contributed by atoms with Gasteiger partial charge >= 0.3 is 0 Å². The first-order valence-corrected chi connectivity index (χ1v) is 5.04. The van der Waals surface area contributed by atoms with Crippen LogP contribution in [0.2, 0.25) is 0 Å². The molecule has 0 unspecified atom stereocenters. The first kappa shape index (κ1) is 11.2. The fourth-order valence-electron chi connectivity index (χ4n) is 1.41. The fourth-order valence-corrected chi connectivity index (χ4v) is 1.41. The summed E-state index contributed by atoms with van der Waals surface area (Å²) in [6.45, 7) is 4.12. The van der Waals surface area contributed by atoms with Gasteiger partial charge in [-0.3, -0.25) is 4.68 Å². The van der Waals surface area contributed by atoms with Gasteiger partial charge < -0.3 is 10.4 Å². The SMILES string of the molecule is Cc1nn(C)cc1CNCCCCO. The van der Waals surface area contributed by atoms with Gasteiger partial charge in [0.2, 0.25) is 0 Å². The van der Waals surface area contributed by atoms with Gasteiger partial charge in [0.05, 0.1) is 5.69 Å². The molecular weight excluding hydrogens is 178 g/mol. The highest BCUT2D eigenvalue weighted by molar-refractivity contribution is 5.14. The number of aliphatic hydroxyl groups excluding tert-OH is 1. The third-order valence-corrected chi connectivity index (χ3v) is 2.19. The number of aromatic nitrogens is 2. The van der Waals surface area contributed by atoms with Gasteiger partial charge in [-0.15, -0.1) is 0 Å². The van der Waals surface area contributed by atoms with Crippen LogP contribution in [0.1, 0.15) is 24.1 Å². The maximum Gasteiger partial charge on any atom is 0.0638 e. The summed E-state index contributed by atoms with van der Waals surface area (Å²) in [5, 5.41) is 16.2. The molecule has 80 valence electrons. The van der Waals surface area contributed by atoms with E-state index in [0.717, 1.165) is 31.6 Å². The molecule has 0 aliphatic rings. The summed E-state index contributed by atoms with van der Waals surface area (Å²) in [6.07, 6.45) is 3.93. The molecule has 0 atom stereocenters. The molecule has 4 heteroatoms. The number of unbranched alkanes of at least 4 members (excludes halogenated alkanes) is 1. The predicted octanol–water partition coefficient (Wildman–Crippen LogP) is 0.591. The van der Waals surface area contributed by atoms with Gasteiger partial charge in [-0.1, -0.05) is 0 Å². The van der Waals surface area contributed by atoms with E-state index in [-0.39, 0.29) is 6.61 Å². The number of hydrogen-bond donors (Lipinski definition) is 2. The molecule has 14 heavy (non-hydrogen) atoms. The van der Waals surface area contributed by atoms with E-state index >= 15 is 0 Å². The monoisotopic (exact) mass is 197 g/mol. The molecule has 2 N–H and O–H groups in total. The van der Waals surface area contributed by atoms with Crippen LogP contribution < -0.4 is 5.32 Å². The van der Waals surface area contributed by atoms with E-state index in [2.05, 4.69) is 10.4 Å². The van der Waals surface area contributed by atoms with Gasteiger partial charge in [0.25, 0.3) is 0 Å². The van der Waals surface area contributed by atoms with E-state index in [9.17, 15) is 0 Å². The molecule has 0 aliphatic carbocycles. The molecule has 0 spiro atoms. The summed E-state index contributed by atoms with van der Waals surface area (Å²) in [4.78, 5) is 0. The van der Waals surface area contributed by atoms with Crippen molar-refractivity contribution in [2.75, 3.05) is 13.2 Å². The van der Waals surface area contributed by atoms with E-state index in [4.69, 9.17) is 5.11 Å². The van der Waals surface area contributed by atoms with E-state index in [1.165, 1.54) is 5.56 Å². The van der Waals surface area contributed by atoms with E-state index < -0.39 is 0 Å². The van der Waals surface area contributed by atoms with Crippen LogP contribution in [-0.2, 0) is 13.6 Å². The largest absolute Gasteiger partial charge is 0.396 e. The minimum atomic E-state index is 0.285. The van der Waals surface area contributed by atoms with E-state index in [1.807, 2.05) is 24.9 Å². The Morgan fingerprint density at radius 1 is 1.50 bits per heavy atom. The van der Waals surface area contributed by atoms with Crippen molar-refractivity contribution in [3.05, 3.63) is 17.5 Å². The number of nitrogens with one attached hydrogen (secondary N) is 1. The summed E-state index contributed by atoms with van der Waals surface area (Å²) in [5.74, 6) is 0. The number of rotatable bonds is 6. The van der Waals surface area contributed by atoms with E-state index in [0.29, 0.717) is 0 Å². The van der Waals surface area contributed by atoms with Gasteiger partial charge in [-0.2, -0.15) is 5.10 Å². The Bertz CT molecular complexity index is 270. The second-order valence-electron chi connectivity index (χ2n) is 3.52. The van der Waals surface area contributed by atoms with Crippen LogP contribution >= 0.6 is 0 Å². The molecule has 0 aromatic carbocycles. The van der Waals surface area contributed by atoms with Crippen molar-refractivity contribution in [3.8, 4) is 0 Å². The van der Waals surface area contributed by atoms with Crippen molar-refractivity contribution in [1.29, 1.82) is 0 Å². The summed E-state index contributed by atoms with van der Waals surface area (Å²) >= 11 is 0. The Kier molecular flexibility index (Phi) is 4.62. The Labute approximate surface area is 84.9 Å². The second kappa shape index (κ2) is 5.78. The number of nitrogens with zero attached hydrogens (tertiary/aromatic N) is 2. The Morgan fingerprint density at radius 2 is 2.29 bits per heavy atom. The van der Waals surface area contributed by atoms with Gasteiger partial charge in [0.15, 0.2) is 0 Å². The zero-order valence-electron chi connectivity index (χ0n) is 8.95. The first-order chi connectivity index (χ1) is 6.74. The van der Waals surface area contributed by atoms with Crippen LogP contribution in [0.5, 0.6) is 0 Å². The molecule has 0 amide bonds. The number of aryl methyl sites for hydroxylation is 2. The maximum atomic E-state index is 8.59. The summed E-state index contributed by atoms with van der Waals surface area (Å²) in [5.41, 5.74) is 2.33. The molecule has 0 saturated carbocycles. The predicted molar refractivity (Wildman–Crippen MR) is 56.0 cm³/mol. The summed E-state index contributed by atoms with van der Waals surface area (Å²) < 4.78 is 1.83. The lowest BCUT2D eigenvalue weighted by Gasteiger charge is -2.02. The van der Waals surface area contributed by atoms with E-state index in [1.54, 1.807) is 0 Å². The third kappa shape index (κ3) is 3.47. The summed E-state index contributed by atoms with van der Waals surface area (Å²) in [6, 6.07) is 0. The minimum absolute atomic E-state index is 0.285. The lowest BCUT2D eigenvalue weighted by atomic mass is 10.2. The fraction of sp³-hybridized carbons (Fsp3) is 0.700. The Hall–Kier alpha value is -0.870.